The summed E-state index contributed by atoms with van der Waals surface area (Å²) in [6.07, 6.45) is 0. The molecule has 2 N–H and O–H groups in total. The molecule has 2 rings (SSSR count). The van der Waals surface area contributed by atoms with Gasteiger partial charge in [-0.05, 0) is 26.0 Å². The second-order valence-electron chi connectivity index (χ2n) is 4.71. The van der Waals surface area contributed by atoms with E-state index in [0.717, 1.165) is 0 Å². The SMILES string of the molecule is COc1cc(OC)cc(C(=O)NNC(=O)c2c(C)noc2C)c1. The van der Waals surface area contributed by atoms with E-state index in [1.807, 2.05) is 0 Å². The van der Waals surface area contributed by atoms with Gasteiger partial charge in [0.1, 0.15) is 22.8 Å². The van der Waals surface area contributed by atoms with Crippen molar-refractivity contribution in [1.82, 2.24) is 16.0 Å². The van der Waals surface area contributed by atoms with E-state index in [2.05, 4.69) is 16.0 Å². The van der Waals surface area contributed by atoms with Crippen molar-refractivity contribution in [3.8, 4) is 11.5 Å². The van der Waals surface area contributed by atoms with Crippen molar-refractivity contribution in [3.63, 3.8) is 0 Å². The largest absolute Gasteiger partial charge is 0.497 e. The molecule has 0 aliphatic rings. The zero-order chi connectivity index (χ0) is 17.0. The third kappa shape index (κ3) is 3.60. The van der Waals surface area contributed by atoms with Crippen molar-refractivity contribution in [2.45, 2.75) is 13.8 Å². The molecule has 1 aromatic heterocycles. The first-order valence-electron chi connectivity index (χ1n) is 6.73. The summed E-state index contributed by atoms with van der Waals surface area (Å²) in [6.45, 7) is 3.25. The van der Waals surface area contributed by atoms with Crippen LogP contribution < -0.4 is 20.3 Å². The molecule has 0 spiro atoms. The molecule has 0 aliphatic carbocycles. The molecule has 0 saturated carbocycles. The van der Waals surface area contributed by atoms with Crippen LogP contribution in [-0.4, -0.2) is 31.2 Å². The number of amides is 2. The Labute approximate surface area is 132 Å². The Bertz CT molecular complexity index is 697. The van der Waals surface area contributed by atoms with E-state index < -0.39 is 11.8 Å². The fourth-order valence-electron chi connectivity index (χ4n) is 1.99. The van der Waals surface area contributed by atoms with Crippen LogP contribution in [0.15, 0.2) is 22.7 Å². The monoisotopic (exact) mass is 319 g/mol. The van der Waals surface area contributed by atoms with Gasteiger partial charge in [0.25, 0.3) is 11.8 Å². The minimum atomic E-state index is -0.512. The average Bonchev–Trinajstić information content (AvgIpc) is 2.90. The van der Waals surface area contributed by atoms with Gasteiger partial charge in [0, 0.05) is 11.6 Å². The van der Waals surface area contributed by atoms with Crippen LogP contribution in [0.5, 0.6) is 11.5 Å². The van der Waals surface area contributed by atoms with E-state index in [4.69, 9.17) is 14.0 Å². The maximum Gasteiger partial charge on any atom is 0.275 e. The smallest absolute Gasteiger partial charge is 0.275 e. The van der Waals surface area contributed by atoms with Crippen LogP contribution in [0.3, 0.4) is 0 Å². The molecule has 23 heavy (non-hydrogen) atoms. The molecule has 1 aromatic carbocycles. The lowest BCUT2D eigenvalue weighted by Gasteiger charge is -2.10. The minimum Gasteiger partial charge on any atom is -0.497 e. The predicted octanol–water partition coefficient (Wildman–Crippen LogP) is 1.38. The molecule has 0 unspecified atom stereocenters. The Morgan fingerprint density at radius 2 is 1.57 bits per heavy atom. The Morgan fingerprint density at radius 1 is 1.00 bits per heavy atom. The number of methoxy groups -OCH3 is 2. The second kappa shape index (κ2) is 6.82. The molecule has 0 fully saturated rings. The van der Waals surface area contributed by atoms with Gasteiger partial charge in [-0.25, -0.2) is 0 Å². The highest BCUT2D eigenvalue weighted by molar-refractivity contribution is 6.00. The average molecular weight is 319 g/mol. The highest BCUT2D eigenvalue weighted by atomic mass is 16.5. The molecular formula is C15H17N3O5. The Balaban J connectivity index is 2.09. The van der Waals surface area contributed by atoms with E-state index in [1.54, 1.807) is 19.9 Å². The lowest BCUT2D eigenvalue weighted by Crippen LogP contribution is -2.42. The van der Waals surface area contributed by atoms with Crippen molar-refractivity contribution in [2.75, 3.05) is 14.2 Å². The summed E-state index contributed by atoms with van der Waals surface area (Å²) in [5, 5.41) is 3.69. The van der Waals surface area contributed by atoms with Gasteiger partial charge in [-0.15, -0.1) is 0 Å². The predicted molar refractivity (Wildman–Crippen MR) is 80.5 cm³/mol. The summed E-state index contributed by atoms with van der Waals surface area (Å²) in [7, 11) is 2.96. The molecule has 0 radical (unpaired) electrons. The maximum atomic E-state index is 12.1. The van der Waals surface area contributed by atoms with Crippen LogP contribution >= 0.6 is 0 Å². The quantitative estimate of drug-likeness (QED) is 0.825. The van der Waals surface area contributed by atoms with Gasteiger partial charge < -0.3 is 14.0 Å². The lowest BCUT2D eigenvalue weighted by molar-refractivity contribution is 0.0845. The van der Waals surface area contributed by atoms with Gasteiger partial charge >= 0.3 is 0 Å². The number of nitrogens with one attached hydrogen (secondary N) is 2. The van der Waals surface area contributed by atoms with Gasteiger partial charge in [0.15, 0.2) is 0 Å². The third-order valence-electron chi connectivity index (χ3n) is 3.16. The second-order valence-corrected chi connectivity index (χ2v) is 4.71. The number of ether oxygens (including phenoxy) is 2. The number of carbonyl (C=O) groups excluding carboxylic acids is 2. The van der Waals surface area contributed by atoms with E-state index in [0.29, 0.717) is 23.0 Å². The molecule has 0 aliphatic heterocycles. The number of hydrazine groups is 1. The Morgan fingerprint density at radius 3 is 2.04 bits per heavy atom. The summed E-state index contributed by atoms with van der Waals surface area (Å²) >= 11 is 0. The van der Waals surface area contributed by atoms with Crippen LogP contribution in [0.25, 0.3) is 0 Å². The molecule has 0 saturated heterocycles. The normalized spacial score (nSPS) is 10.1. The number of carbonyl (C=O) groups is 2. The number of nitrogens with zero attached hydrogens (tertiary/aromatic N) is 1. The molecular weight excluding hydrogens is 302 g/mol. The van der Waals surface area contributed by atoms with Crippen molar-refractivity contribution in [3.05, 3.63) is 40.8 Å². The standard InChI is InChI=1S/C15H17N3O5/c1-8-13(9(2)23-18-8)15(20)17-16-14(19)10-5-11(21-3)7-12(6-10)22-4/h5-7H,1-4H3,(H,16,19)(H,17,20). The fourth-order valence-corrected chi connectivity index (χ4v) is 1.99. The van der Waals surface area contributed by atoms with Crippen LogP contribution in [0, 0.1) is 13.8 Å². The number of benzene rings is 1. The van der Waals surface area contributed by atoms with Gasteiger partial charge in [-0.1, -0.05) is 5.16 Å². The van der Waals surface area contributed by atoms with Gasteiger partial charge in [0.05, 0.1) is 19.9 Å². The third-order valence-corrected chi connectivity index (χ3v) is 3.16. The highest BCUT2D eigenvalue weighted by Gasteiger charge is 2.18. The molecule has 0 bridgehead atoms. The van der Waals surface area contributed by atoms with Crippen molar-refractivity contribution in [1.29, 1.82) is 0 Å². The summed E-state index contributed by atoms with van der Waals surface area (Å²) in [5.74, 6) is 0.280. The zero-order valence-electron chi connectivity index (χ0n) is 13.2. The maximum absolute atomic E-state index is 12.1. The van der Waals surface area contributed by atoms with Crippen LogP contribution in [-0.2, 0) is 0 Å². The van der Waals surface area contributed by atoms with E-state index in [9.17, 15) is 9.59 Å². The lowest BCUT2D eigenvalue weighted by atomic mass is 10.2. The van der Waals surface area contributed by atoms with Crippen molar-refractivity contribution < 1.29 is 23.6 Å². The fraction of sp³-hybridized carbons (Fsp3) is 0.267. The molecule has 2 amide bonds. The minimum absolute atomic E-state index is 0.278. The number of aromatic nitrogens is 1. The van der Waals surface area contributed by atoms with Gasteiger partial charge in [0.2, 0.25) is 0 Å². The van der Waals surface area contributed by atoms with Gasteiger partial charge in [-0.3, -0.25) is 20.4 Å². The molecule has 1 heterocycles. The summed E-state index contributed by atoms with van der Waals surface area (Å²) in [4.78, 5) is 24.2. The van der Waals surface area contributed by atoms with E-state index >= 15 is 0 Å². The van der Waals surface area contributed by atoms with Crippen LogP contribution in [0.1, 0.15) is 32.2 Å². The first kappa shape index (κ1) is 16.3. The van der Waals surface area contributed by atoms with Gasteiger partial charge in [-0.2, -0.15) is 0 Å². The summed E-state index contributed by atoms with van der Waals surface area (Å²) < 4.78 is 15.1. The molecule has 8 nitrogen and oxygen atoms in total. The molecule has 2 aromatic rings. The number of rotatable bonds is 4. The van der Waals surface area contributed by atoms with Crippen LogP contribution in [0.4, 0.5) is 0 Å². The molecule has 0 atom stereocenters. The molecule has 8 heteroatoms. The number of hydrogen-bond donors (Lipinski definition) is 2. The van der Waals surface area contributed by atoms with E-state index in [-0.39, 0.29) is 11.1 Å². The van der Waals surface area contributed by atoms with E-state index in [1.165, 1.54) is 26.4 Å². The Kier molecular flexibility index (Phi) is 4.85. The summed E-state index contributed by atoms with van der Waals surface area (Å²) in [5.41, 5.74) is 5.65. The van der Waals surface area contributed by atoms with Crippen LogP contribution in [0.2, 0.25) is 0 Å². The number of hydrogen-bond acceptors (Lipinski definition) is 6. The highest BCUT2D eigenvalue weighted by Crippen LogP contribution is 2.22. The topological polar surface area (TPSA) is 103 Å². The zero-order valence-corrected chi connectivity index (χ0v) is 13.2. The number of aryl methyl sites for hydroxylation is 2. The first-order valence-corrected chi connectivity index (χ1v) is 6.73. The van der Waals surface area contributed by atoms with Crippen molar-refractivity contribution in [2.24, 2.45) is 0 Å². The Hall–Kier alpha value is -3.03. The summed E-state index contributed by atoms with van der Waals surface area (Å²) in [6, 6.07) is 4.69. The molecule has 122 valence electrons. The first-order chi connectivity index (χ1) is 11.0. The van der Waals surface area contributed by atoms with Crippen molar-refractivity contribution >= 4 is 11.8 Å².